The van der Waals surface area contributed by atoms with Crippen molar-refractivity contribution in [3.63, 3.8) is 0 Å². The van der Waals surface area contributed by atoms with Gasteiger partial charge in [0.2, 0.25) is 5.95 Å². The third kappa shape index (κ3) is 5.78. The van der Waals surface area contributed by atoms with Gasteiger partial charge in [-0.3, -0.25) is 4.79 Å². The van der Waals surface area contributed by atoms with Gasteiger partial charge in [0.25, 0.3) is 5.91 Å². The van der Waals surface area contributed by atoms with Crippen LogP contribution in [0, 0.1) is 0 Å². The Morgan fingerprint density at radius 3 is 2.41 bits per heavy atom. The molecule has 0 aliphatic rings. The van der Waals surface area contributed by atoms with E-state index < -0.39 is 0 Å². The second kappa shape index (κ2) is 9.68. The lowest BCUT2D eigenvalue weighted by molar-refractivity contribution is 0.0949. The van der Waals surface area contributed by atoms with Crippen molar-refractivity contribution in [2.75, 3.05) is 19.0 Å². The summed E-state index contributed by atoms with van der Waals surface area (Å²) in [5, 5.41) is 6.04. The normalized spacial score (nSPS) is 10.6. The average molecular weight is 390 g/mol. The molecule has 0 atom stereocenters. The summed E-state index contributed by atoms with van der Waals surface area (Å²) in [6.07, 6.45) is 2.31. The van der Waals surface area contributed by atoms with Crippen LogP contribution < -0.4 is 15.4 Å². The quantitative estimate of drug-likeness (QED) is 0.599. The first kappa shape index (κ1) is 20.3. The first-order valence-electron chi connectivity index (χ1n) is 9.66. The molecule has 1 aromatic heterocycles. The minimum atomic E-state index is -0.223. The highest BCUT2D eigenvalue weighted by Gasteiger charge is 2.09. The fourth-order valence-corrected chi connectivity index (χ4v) is 2.83. The zero-order valence-electron chi connectivity index (χ0n) is 17.0. The van der Waals surface area contributed by atoms with E-state index in [9.17, 15) is 4.79 Å². The molecular weight excluding hydrogens is 364 g/mol. The molecule has 0 aliphatic heterocycles. The Labute approximate surface area is 171 Å². The summed E-state index contributed by atoms with van der Waals surface area (Å²) < 4.78 is 5.15. The summed E-state index contributed by atoms with van der Waals surface area (Å²) in [5.74, 6) is 1.46. The Morgan fingerprint density at radius 1 is 1.03 bits per heavy atom. The number of ether oxygens (including phenoxy) is 1. The Balaban J connectivity index is 1.55. The van der Waals surface area contributed by atoms with Crippen LogP contribution in [-0.2, 0) is 6.42 Å². The monoisotopic (exact) mass is 390 g/mol. The highest BCUT2D eigenvalue weighted by molar-refractivity contribution is 5.92. The average Bonchev–Trinajstić information content (AvgIpc) is 2.75. The van der Waals surface area contributed by atoms with Crippen molar-refractivity contribution >= 4 is 17.5 Å². The smallest absolute Gasteiger partial charge is 0.270 e. The van der Waals surface area contributed by atoms with Crippen molar-refractivity contribution in [3.8, 4) is 5.75 Å². The van der Waals surface area contributed by atoms with Gasteiger partial charge in [0.15, 0.2) is 0 Å². The van der Waals surface area contributed by atoms with Crippen molar-refractivity contribution < 1.29 is 9.53 Å². The summed E-state index contributed by atoms with van der Waals surface area (Å²) >= 11 is 0. The number of anilines is 2. The van der Waals surface area contributed by atoms with Gasteiger partial charge in [0.05, 0.1) is 7.11 Å². The molecule has 0 spiro atoms. The fraction of sp³-hybridized carbons (Fsp3) is 0.261. The summed E-state index contributed by atoms with van der Waals surface area (Å²) in [4.78, 5) is 20.9. The number of hydrogen-bond acceptors (Lipinski definition) is 5. The van der Waals surface area contributed by atoms with Gasteiger partial charge in [-0.05, 0) is 53.8 Å². The molecule has 3 rings (SSSR count). The topological polar surface area (TPSA) is 76.1 Å². The summed E-state index contributed by atoms with van der Waals surface area (Å²) in [6, 6.07) is 17.5. The number of nitrogens with zero attached hydrogens (tertiary/aromatic N) is 2. The van der Waals surface area contributed by atoms with Crippen molar-refractivity contribution in [2.45, 2.75) is 26.2 Å². The summed E-state index contributed by atoms with van der Waals surface area (Å²) in [6.45, 7) is 4.83. The second-order valence-electron chi connectivity index (χ2n) is 7.02. The molecule has 6 nitrogen and oxygen atoms in total. The number of carbonyl (C=O) groups is 1. The van der Waals surface area contributed by atoms with E-state index in [2.05, 4.69) is 46.6 Å². The van der Waals surface area contributed by atoms with Gasteiger partial charge in [0.1, 0.15) is 11.4 Å². The van der Waals surface area contributed by atoms with Gasteiger partial charge in [-0.25, -0.2) is 9.97 Å². The Morgan fingerprint density at radius 2 is 1.76 bits per heavy atom. The number of benzene rings is 2. The first-order valence-corrected chi connectivity index (χ1v) is 9.66. The maximum Gasteiger partial charge on any atom is 0.270 e. The van der Waals surface area contributed by atoms with E-state index in [1.54, 1.807) is 19.4 Å². The minimum absolute atomic E-state index is 0.223. The molecule has 6 heteroatoms. The predicted molar refractivity (Wildman–Crippen MR) is 115 cm³/mol. The van der Waals surface area contributed by atoms with E-state index in [4.69, 9.17) is 4.74 Å². The maximum atomic E-state index is 12.4. The van der Waals surface area contributed by atoms with Gasteiger partial charge in [-0.1, -0.05) is 38.1 Å². The van der Waals surface area contributed by atoms with Gasteiger partial charge in [-0.15, -0.1) is 0 Å². The number of nitrogens with one attached hydrogen (secondary N) is 2. The third-order valence-corrected chi connectivity index (χ3v) is 4.58. The van der Waals surface area contributed by atoms with E-state index in [0.717, 1.165) is 23.4 Å². The van der Waals surface area contributed by atoms with Crippen molar-refractivity contribution in [2.24, 2.45) is 0 Å². The Bertz CT molecular complexity index is 938. The molecule has 0 fully saturated rings. The molecule has 2 N–H and O–H groups in total. The SMILES string of the molecule is COc1ccc(CCNC(=O)c2ccnc(Nc3ccc(C(C)C)cc3)n2)cc1. The predicted octanol–water partition coefficient (Wildman–Crippen LogP) is 4.32. The second-order valence-corrected chi connectivity index (χ2v) is 7.02. The van der Waals surface area contributed by atoms with E-state index in [-0.39, 0.29) is 5.91 Å². The number of aromatic nitrogens is 2. The standard InChI is InChI=1S/C23H26N4O2/c1-16(2)18-6-8-19(9-7-18)26-23-25-15-13-21(27-23)22(28)24-14-12-17-4-10-20(29-3)11-5-17/h4-11,13,15-16H,12,14H2,1-3H3,(H,24,28)(H,25,26,27). The molecular formula is C23H26N4O2. The molecule has 0 saturated heterocycles. The van der Waals surface area contributed by atoms with Gasteiger partial charge >= 0.3 is 0 Å². The lowest BCUT2D eigenvalue weighted by Crippen LogP contribution is -2.26. The summed E-state index contributed by atoms with van der Waals surface area (Å²) in [7, 11) is 1.64. The van der Waals surface area contributed by atoms with Crippen LogP contribution in [0.4, 0.5) is 11.6 Å². The number of amides is 1. The molecule has 0 aliphatic carbocycles. The van der Waals surface area contributed by atoms with E-state index >= 15 is 0 Å². The van der Waals surface area contributed by atoms with Crippen LogP contribution in [0.2, 0.25) is 0 Å². The number of carbonyl (C=O) groups excluding carboxylic acids is 1. The highest BCUT2D eigenvalue weighted by Crippen LogP contribution is 2.19. The zero-order chi connectivity index (χ0) is 20.6. The first-order chi connectivity index (χ1) is 14.0. The minimum Gasteiger partial charge on any atom is -0.497 e. The number of rotatable bonds is 8. The molecule has 150 valence electrons. The Kier molecular flexibility index (Phi) is 6.79. The highest BCUT2D eigenvalue weighted by atomic mass is 16.5. The molecule has 1 heterocycles. The molecule has 0 bridgehead atoms. The van der Waals surface area contributed by atoms with E-state index in [1.165, 1.54) is 5.56 Å². The van der Waals surface area contributed by atoms with Crippen LogP contribution in [-0.4, -0.2) is 29.5 Å². The third-order valence-electron chi connectivity index (χ3n) is 4.58. The van der Waals surface area contributed by atoms with E-state index in [1.807, 2.05) is 36.4 Å². The molecule has 0 unspecified atom stereocenters. The molecule has 0 saturated carbocycles. The van der Waals surface area contributed by atoms with Crippen LogP contribution >= 0.6 is 0 Å². The molecule has 1 amide bonds. The van der Waals surface area contributed by atoms with Crippen LogP contribution in [0.1, 0.15) is 41.4 Å². The fourth-order valence-electron chi connectivity index (χ4n) is 2.83. The zero-order valence-corrected chi connectivity index (χ0v) is 17.0. The number of methoxy groups -OCH3 is 1. The maximum absolute atomic E-state index is 12.4. The van der Waals surface area contributed by atoms with Gasteiger partial charge in [-0.2, -0.15) is 0 Å². The van der Waals surface area contributed by atoms with Crippen molar-refractivity contribution in [3.05, 3.63) is 77.6 Å². The molecule has 3 aromatic rings. The molecule has 2 aromatic carbocycles. The lowest BCUT2D eigenvalue weighted by Gasteiger charge is -2.09. The van der Waals surface area contributed by atoms with Crippen molar-refractivity contribution in [1.29, 1.82) is 0 Å². The largest absolute Gasteiger partial charge is 0.497 e. The Hall–Kier alpha value is -3.41. The molecule has 29 heavy (non-hydrogen) atoms. The number of hydrogen-bond donors (Lipinski definition) is 2. The summed E-state index contributed by atoms with van der Waals surface area (Å²) in [5.41, 5.74) is 3.60. The van der Waals surface area contributed by atoms with E-state index in [0.29, 0.717) is 24.1 Å². The van der Waals surface area contributed by atoms with Crippen LogP contribution in [0.25, 0.3) is 0 Å². The van der Waals surface area contributed by atoms with Crippen LogP contribution in [0.15, 0.2) is 60.8 Å². The molecule has 0 radical (unpaired) electrons. The lowest BCUT2D eigenvalue weighted by atomic mass is 10.0. The van der Waals surface area contributed by atoms with Crippen LogP contribution in [0.3, 0.4) is 0 Å². The van der Waals surface area contributed by atoms with Crippen molar-refractivity contribution in [1.82, 2.24) is 15.3 Å². The van der Waals surface area contributed by atoms with Crippen LogP contribution in [0.5, 0.6) is 5.75 Å². The van der Waals surface area contributed by atoms with Gasteiger partial charge < -0.3 is 15.4 Å². The van der Waals surface area contributed by atoms with Gasteiger partial charge in [0, 0.05) is 18.4 Å².